The molecule has 0 saturated carbocycles. The summed E-state index contributed by atoms with van der Waals surface area (Å²) in [5, 5.41) is 16.5. The van der Waals surface area contributed by atoms with Gasteiger partial charge < -0.3 is 9.90 Å². The van der Waals surface area contributed by atoms with Crippen LogP contribution in [0.3, 0.4) is 0 Å². The van der Waals surface area contributed by atoms with Crippen LogP contribution in [0.1, 0.15) is 18.3 Å². The number of para-hydroxylation sites is 2. The molecule has 3 aromatic rings. The van der Waals surface area contributed by atoms with E-state index in [4.69, 9.17) is 0 Å². The van der Waals surface area contributed by atoms with E-state index in [0.29, 0.717) is 5.69 Å². The van der Waals surface area contributed by atoms with Gasteiger partial charge in [0.25, 0.3) is 5.69 Å². The molecule has 0 fully saturated rings. The molecule has 0 bridgehead atoms. The lowest BCUT2D eigenvalue weighted by molar-refractivity contribution is -0.692. The van der Waals surface area contributed by atoms with Crippen LogP contribution < -0.4 is 14.8 Å². The van der Waals surface area contributed by atoms with Crippen LogP contribution in [0.4, 0.5) is 5.69 Å². The van der Waals surface area contributed by atoms with E-state index < -0.39 is 11.5 Å². The molecule has 1 aromatic heterocycles. The minimum absolute atomic E-state index is 0.608. The summed E-state index contributed by atoms with van der Waals surface area (Å²) in [7, 11) is 3.79. The van der Waals surface area contributed by atoms with Crippen LogP contribution in [-0.2, 0) is 17.4 Å². The van der Waals surface area contributed by atoms with Crippen molar-refractivity contribution in [2.24, 2.45) is 7.05 Å². The third kappa shape index (κ3) is 2.71. The van der Waals surface area contributed by atoms with Gasteiger partial charge >= 0.3 is 0 Å². The number of hydrogen-bond acceptors (Lipinski definition) is 4. The Bertz CT molecular complexity index is 1090. The smallest absolute Gasteiger partial charge is 0.252 e. The van der Waals surface area contributed by atoms with Crippen molar-refractivity contribution in [1.82, 2.24) is 9.69 Å². The van der Waals surface area contributed by atoms with Gasteiger partial charge in [-0.3, -0.25) is 10.0 Å². The van der Waals surface area contributed by atoms with E-state index in [1.54, 1.807) is 11.1 Å². The molecule has 29 heavy (non-hydrogen) atoms. The van der Waals surface area contributed by atoms with E-state index in [9.17, 15) is 9.90 Å². The van der Waals surface area contributed by atoms with Crippen molar-refractivity contribution in [2.75, 3.05) is 12.1 Å². The first-order valence-electron chi connectivity index (χ1n) is 9.52. The molecule has 0 N–H and O–H groups in total. The van der Waals surface area contributed by atoms with E-state index in [1.165, 1.54) is 0 Å². The van der Waals surface area contributed by atoms with Gasteiger partial charge in [-0.15, -0.1) is 0 Å². The zero-order valence-electron chi connectivity index (χ0n) is 17.0. The number of benzene rings is 2. The Balaban J connectivity index is 2.05. The van der Waals surface area contributed by atoms with Crippen LogP contribution in [0.2, 0.25) is 0 Å². The first kappa shape index (κ1) is 18.8. The second kappa shape index (κ2) is 6.81. The zero-order chi connectivity index (χ0) is 20.8. The quantitative estimate of drug-likeness (QED) is 0.640. The maximum Gasteiger partial charge on any atom is 0.252 e. The Morgan fingerprint density at radius 3 is 2.14 bits per heavy atom. The fraction of sp³-hybridized carbons (Fsp3) is 0.217. The molecule has 0 aliphatic carbocycles. The fourth-order valence-corrected chi connectivity index (χ4v) is 4.05. The molecule has 0 spiro atoms. The number of carboxylic acid groups (broad SMARTS) is 1. The normalized spacial score (nSPS) is 18.8. The standard InChI is InChI=1S/C23H24N4O2/c1-17-15-21(26(24(17)3)19-11-7-5-8-12-19)23(22(28)29)16-18(2)25(4)27(23)20-13-9-6-10-14-20/h5-16H,1-4H3. The molecule has 2 heterocycles. The van der Waals surface area contributed by atoms with Crippen molar-refractivity contribution in [3.63, 3.8) is 0 Å². The van der Waals surface area contributed by atoms with Crippen LogP contribution in [0.5, 0.6) is 0 Å². The second-order valence-electron chi connectivity index (χ2n) is 7.35. The topological polar surface area (TPSA) is 55.4 Å². The molecule has 0 amide bonds. The van der Waals surface area contributed by atoms with Gasteiger partial charge in [-0.05, 0) is 32.1 Å². The zero-order valence-corrected chi connectivity index (χ0v) is 17.0. The minimum Gasteiger partial charge on any atom is -0.546 e. The maximum absolute atomic E-state index is 12.9. The summed E-state index contributed by atoms with van der Waals surface area (Å²) in [5.74, 6) is -1.18. The summed E-state index contributed by atoms with van der Waals surface area (Å²) in [6.45, 7) is 3.87. The molecular weight excluding hydrogens is 364 g/mol. The number of rotatable bonds is 4. The second-order valence-corrected chi connectivity index (χ2v) is 7.35. The predicted octanol–water partition coefficient (Wildman–Crippen LogP) is 1.83. The molecule has 0 saturated heterocycles. The SMILES string of the molecule is CC1=CC(C(=O)[O-])(c2cc(C)n(C)[n+]2-c2ccccc2)N(c2ccccc2)N1C. The Morgan fingerprint density at radius 2 is 1.55 bits per heavy atom. The van der Waals surface area contributed by atoms with Gasteiger partial charge in [0, 0.05) is 30.9 Å². The van der Waals surface area contributed by atoms with Gasteiger partial charge in [0.2, 0.25) is 11.2 Å². The van der Waals surface area contributed by atoms with Crippen molar-refractivity contribution in [3.05, 3.63) is 89.9 Å². The number of hydrogen-bond donors (Lipinski definition) is 0. The number of aromatic nitrogens is 2. The van der Waals surface area contributed by atoms with Gasteiger partial charge in [-0.1, -0.05) is 41.1 Å². The molecule has 148 valence electrons. The van der Waals surface area contributed by atoms with Crippen molar-refractivity contribution < 1.29 is 14.6 Å². The molecule has 0 radical (unpaired) electrons. The lowest BCUT2D eigenvalue weighted by Crippen LogP contribution is -2.62. The largest absolute Gasteiger partial charge is 0.546 e. The summed E-state index contributed by atoms with van der Waals surface area (Å²) in [4.78, 5) is 12.9. The van der Waals surface area contributed by atoms with Crippen LogP contribution in [0, 0.1) is 6.92 Å². The van der Waals surface area contributed by atoms with E-state index in [2.05, 4.69) is 0 Å². The molecule has 1 aliphatic heterocycles. The van der Waals surface area contributed by atoms with Crippen molar-refractivity contribution in [3.8, 4) is 5.69 Å². The average molecular weight is 388 g/mol. The first-order valence-corrected chi connectivity index (χ1v) is 9.52. The Morgan fingerprint density at radius 1 is 0.966 bits per heavy atom. The lowest BCUT2D eigenvalue weighted by atomic mass is 9.93. The summed E-state index contributed by atoms with van der Waals surface area (Å²) in [6.07, 6.45) is 1.77. The lowest BCUT2D eigenvalue weighted by Gasteiger charge is -2.41. The summed E-state index contributed by atoms with van der Waals surface area (Å²) < 4.78 is 3.89. The van der Waals surface area contributed by atoms with Crippen molar-refractivity contribution >= 4 is 11.7 Å². The Kier molecular flexibility index (Phi) is 4.42. The molecule has 2 aromatic carbocycles. The maximum atomic E-state index is 12.9. The Hall–Kier alpha value is -3.54. The van der Waals surface area contributed by atoms with Gasteiger partial charge in [0.1, 0.15) is 0 Å². The third-order valence-electron chi connectivity index (χ3n) is 5.65. The number of hydrazine groups is 1. The average Bonchev–Trinajstić information content (AvgIpc) is 3.17. The van der Waals surface area contributed by atoms with Gasteiger partial charge in [0.15, 0.2) is 0 Å². The Labute approximate surface area is 170 Å². The monoisotopic (exact) mass is 388 g/mol. The third-order valence-corrected chi connectivity index (χ3v) is 5.65. The summed E-state index contributed by atoms with van der Waals surface area (Å²) in [5.41, 5.74) is 2.54. The molecule has 1 atom stereocenters. The van der Waals surface area contributed by atoms with E-state index in [1.807, 2.05) is 109 Å². The minimum atomic E-state index is -1.50. The number of carbonyl (C=O) groups is 1. The van der Waals surface area contributed by atoms with Gasteiger partial charge in [0.05, 0.1) is 24.4 Å². The van der Waals surface area contributed by atoms with Crippen LogP contribution in [0.25, 0.3) is 5.69 Å². The highest BCUT2D eigenvalue weighted by molar-refractivity contribution is 5.87. The highest BCUT2D eigenvalue weighted by Gasteiger charge is 2.53. The number of carbonyl (C=O) groups excluding carboxylic acids is 1. The molecule has 1 unspecified atom stereocenters. The van der Waals surface area contributed by atoms with Crippen molar-refractivity contribution in [1.29, 1.82) is 0 Å². The van der Waals surface area contributed by atoms with Crippen LogP contribution in [-0.4, -0.2) is 22.7 Å². The van der Waals surface area contributed by atoms with Crippen LogP contribution >= 0.6 is 0 Å². The van der Waals surface area contributed by atoms with Crippen LogP contribution in [0.15, 0.2) is 78.5 Å². The number of aliphatic carboxylic acids is 1. The number of anilines is 1. The fourth-order valence-electron chi connectivity index (χ4n) is 4.05. The molecular formula is C23H24N4O2. The van der Waals surface area contributed by atoms with E-state index in [0.717, 1.165) is 22.8 Å². The number of allylic oxidation sites excluding steroid dienone is 1. The van der Waals surface area contributed by atoms with Crippen molar-refractivity contribution in [2.45, 2.75) is 19.4 Å². The summed E-state index contributed by atoms with van der Waals surface area (Å²) >= 11 is 0. The molecule has 1 aliphatic rings. The van der Waals surface area contributed by atoms with E-state index >= 15 is 0 Å². The predicted molar refractivity (Wildman–Crippen MR) is 109 cm³/mol. The van der Waals surface area contributed by atoms with Gasteiger partial charge in [-0.2, -0.15) is 4.68 Å². The summed E-state index contributed by atoms with van der Waals surface area (Å²) in [6, 6.07) is 21.2. The number of carboxylic acids is 1. The molecule has 4 rings (SSSR count). The van der Waals surface area contributed by atoms with Gasteiger partial charge in [-0.25, -0.2) is 0 Å². The highest BCUT2D eigenvalue weighted by Crippen LogP contribution is 2.41. The molecule has 6 heteroatoms. The molecule has 6 nitrogen and oxygen atoms in total. The number of aryl methyl sites for hydroxylation is 1. The first-order chi connectivity index (χ1) is 13.9. The number of nitrogens with zero attached hydrogens (tertiary/aromatic N) is 4. The van der Waals surface area contributed by atoms with E-state index in [-0.39, 0.29) is 0 Å². The highest BCUT2D eigenvalue weighted by atomic mass is 16.4.